The monoisotopic (exact) mass is 338 g/mol. The zero-order chi connectivity index (χ0) is 16.2. The molecular formula is C13H21F3N4OS. The molecular weight excluding hydrogens is 317 g/mol. The standard InChI is InChI=1S/C13H21F3N4OS/c1-9(2)21-8-7-20-5-3-10(4-6-20)17-12-19-18-11(22-12)13(14,15)16/h9-10H,3-8H2,1-2H3,(H,17,19). The fraction of sp³-hybridized carbons (Fsp3) is 0.846. The van der Waals surface area contributed by atoms with E-state index >= 15 is 0 Å². The molecule has 1 aliphatic heterocycles. The van der Waals surface area contributed by atoms with E-state index in [4.69, 9.17) is 4.74 Å². The fourth-order valence-electron chi connectivity index (χ4n) is 2.29. The summed E-state index contributed by atoms with van der Waals surface area (Å²) in [5, 5.41) is 9.14. The van der Waals surface area contributed by atoms with Gasteiger partial charge in [0.15, 0.2) is 0 Å². The SMILES string of the molecule is CC(C)OCCN1CCC(Nc2nnc(C(F)(F)F)s2)CC1. The zero-order valence-electron chi connectivity index (χ0n) is 12.7. The van der Waals surface area contributed by atoms with Gasteiger partial charge in [0.25, 0.3) is 0 Å². The molecule has 0 saturated carbocycles. The van der Waals surface area contributed by atoms with Crippen LogP contribution in [-0.2, 0) is 10.9 Å². The minimum atomic E-state index is -4.42. The van der Waals surface area contributed by atoms with Gasteiger partial charge in [-0.15, -0.1) is 10.2 Å². The Hall–Kier alpha value is -0.930. The first-order valence-electron chi connectivity index (χ1n) is 7.36. The van der Waals surface area contributed by atoms with Crippen molar-refractivity contribution in [3.8, 4) is 0 Å². The van der Waals surface area contributed by atoms with E-state index in [1.165, 1.54) is 0 Å². The fourth-order valence-corrected chi connectivity index (χ4v) is 2.98. The predicted molar refractivity (Wildman–Crippen MR) is 79.1 cm³/mol. The summed E-state index contributed by atoms with van der Waals surface area (Å²) in [6.45, 7) is 7.43. The summed E-state index contributed by atoms with van der Waals surface area (Å²) < 4.78 is 42.9. The minimum Gasteiger partial charge on any atom is -0.377 e. The van der Waals surface area contributed by atoms with Crippen LogP contribution in [0.3, 0.4) is 0 Å². The van der Waals surface area contributed by atoms with E-state index in [2.05, 4.69) is 20.4 Å². The molecule has 1 aromatic rings. The Balaban J connectivity index is 1.72. The van der Waals surface area contributed by atoms with E-state index in [1.807, 2.05) is 13.8 Å². The van der Waals surface area contributed by atoms with Crippen LogP contribution in [0.15, 0.2) is 0 Å². The van der Waals surface area contributed by atoms with Gasteiger partial charge in [-0.2, -0.15) is 13.2 Å². The third-order valence-corrected chi connectivity index (χ3v) is 4.34. The molecule has 0 aliphatic carbocycles. The van der Waals surface area contributed by atoms with Gasteiger partial charge in [0.1, 0.15) is 0 Å². The molecule has 1 aliphatic rings. The predicted octanol–water partition coefficient (Wildman–Crippen LogP) is 2.86. The van der Waals surface area contributed by atoms with E-state index in [9.17, 15) is 13.2 Å². The number of aromatic nitrogens is 2. The molecule has 0 spiro atoms. The normalized spacial score (nSPS) is 18.1. The lowest BCUT2D eigenvalue weighted by Crippen LogP contribution is -2.40. The average molecular weight is 338 g/mol. The van der Waals surface area contributed by atoms with Crippen LogP contribution in [0.1, 0.15) is 31.7 Å². The smallest absolute Gasteiger partial charge is 0.377 e. The molecule has 0 atom stereocenters. The number of nitrogens with one attached hydrogen (secondary N) is 1. The largest absolute Gasteiger partial charge is 0.445 e. The summed E-state index contributed by atoms with van der Waals surface area (Å²) in [6.07, 6.45) is -2.43. The maximum absolute atomic E-state index is 12.5. The van der Waals surface area contributed by atoms with Gasteiger partial charge < -0.3 is 15.0 Å². The summed E-state index contributed by atoms with van der Waals surface area (Å²) >= 11 is 0.559. The quantitative estimate of drug-likeness (QED) is 0.864. The van der Waals surface area contributed by atoms with Crippen LogP contribution in [0.25, 0.3) is 0 Å². The first-order chi connectivity index (χ1) is 10.3. The molecule has 1 fully saturated rings. The Kier molecular flexibility index (Phi) is 5.99. The highest BCUT2D eigenvalue weighted by molar-refractivity contribution is 7.15. The maximum atomic E-state index is 12.5. The lowest BCUT2D eigenvalue weighted by molar-refractivity contribution is -0.138. The van der Waals surface area contributed by atoms with Gasteiger partial charge in [0, 0.05) is 25.7 Å². The van der Waals surface area contributed by atoms with Crippen LogP contribution in [0, 0.1) is 0 Å². The topological polar surface area (TPSA) is 50.3 Å². The van der Waals surface area contributed by atoms with Crippen molar-refractivity contribution in [1.29, 1.82) is 0 Å². The Morgan fingerprint density at radius 3 is 2.55 bits per heavy atom. The molecule has 1 N–H and O–H groups in total. The molecule has 0 unspecified atom stereocenters. The Morgan fingerprint density at radius 2 is 2.00 bits per heavy atom. The molecule has 1 aromatic heterocycles. The molecule has 0 bridgehead atoms. The lowest BCUT2D eigenvalue weighted by Gasteiger charge is -2.32. The van der Waals surface area contributed by atoms with Gasteiger partial charge >= 0.3 is 6.18 Å². The van der Waals surface area contributed by atoms with Crippen molar-refractivity contribution in [2.45, 2.75) is 45.0 Å². The number of halogens is 3. The van der Waals surface area contributed by atoms with Crippen molar-refractivity contribution in [1.82, 2.24) is 15.1 Å². The number of nitrogens with zero attached hydrogens (tertiary/aromatic N) is 3. The van der Waals surface area contributed by atoms with Gasteiger partial charge in [-0.25, -0.2) is 0 Å². The van der Waals surface area contributed by atoms with E-state index in [0.29, 0.717) is 17.9 Å². The highest BCUT2D eigenvalue weighted by Crippen LogP contribution is 2.33. The highest BCUT2D eigenvalue weighted by Gasteiger charge is 2.36. The van der Waals surface area contributed by atoms with Gasteiger partial charge in [0.2, 0.25) is 10.1 Å². The van der Waals surface area contributed by atoms with Crippen LogP contribution in [0.2, 0.25) is 0 Å². The summed E-state index contributed by atoms with van der Waals surface area (Å²) in [5.74, 6) is 0. The van der Waals surface area contributed by atoms with Gasteiger partial charge in [-0.05, 0) is 26.7 Å². The number of hydrogen-bond acceptors (Lipinski definition) is 6. The maximum Gasteiger partial charge on any atom is 0.445 e. The van der Waals surface area contributed by atoms with Crippen LogP contribution in [0.4, 0.5) is 18.3 Å². The van der Waals surface area contributed by atoms with Crippen molar-refractivity contribution in [2.75, 3.05) is 31.6 Å². The minimum absolute atomic E-state index is 0.149. The highest BCUT2D eigenvalue weighted by atomic mass is 32.1. The average Bonchev–Trinajstić information content (AvgIpc) is 2.89. The molecule has 1 saturated heterocycles. The van der Waals surface area contributed by atoms with Gasteiger partial charge in [-0.3, -0.25) is 0 Å². The molecule has 0 aromatic carbocycles. The van der Waals surface area contributed by atoms with Crippen molar-refractivity contribution in [2.24, 2.45) is 0 Å². The molecule has 2 rings (SSSR count). The first-order valence-corrected chi connectivity index (χ1v) is 8.17. The second kappa shape index (κ2) is 7.56. The van der Waals surface area contributed by atoms with Crippen LogP contribution < -0.4 is 5.32 Å². The molecule has 126 valence electrons. The van der Waals surface area contributed by atoms with Crippen molar-refractivity contribution in [3.05, 3.63) is 5.01 Å². The van der Waals surface area contributed by atoms with Crippen LogP contribution >= 0.6 is 11.3 Å². The second-order valence-corrected chi connectivity index (χ2v) is 6.57. The van der Waals surface area contributed by atoms with Crippen molar-refractivity contribution >= 4 is 16.5 Å². The molecule has 2 heterocycles. The lowest BCUT2D eigenvalue weighted by atomic mass is 10.1. The summed E-state index contributed by atoms with van der Waals surface area (Å²) in [7, 11) is 0. The van der Waals surface area contributed by atoms with Crippen molar-refractivity contribution < 1.29 is 17.9 Å². The number of hydrogen-bond donors (Lipinski definition) is 1. The van der Waals surface area contributed by atoms with E-state index in [1.54, 1.807) is 0 Å². The van der Waals surface area contributed by atoms with Crippen molar-refractivity contribution in [3.63, 3.8) is 0 Å². The molecule has 9 heteroatoms. The number of ether oxygens (including phenoxy) is 1. The third kappa shape index (κ3) is 5.36. The van der Waals surface area contributed by atoms with E-state index in [-0.39, 0.29) is 17.3 Å². The van der Waals surface area contributed by atoms with Gasteiger partial charge in [0.05, 0.1) is 12.7 Å². The summed E-state index contributed by atoms with van der Waals surface area (Å²) in [4.78, 5) is 2.31. The van der Waals surface area contributed by atoms with Crippen LogP contribution in [0.5, 0.6) is 0 Å². The molecule has 22 heavy (non-hydrogen) atoms. The van der Waals surface area contributed by atoms with E-state index in [0.717, 1.165) is 32.5 Å². The Morgan fingerprint density at radius 1 is 1.32 bits per heavy atom. The summed E-state index contributed by atoms with van der Waals surface area (Å²) in [6, 6.07) is 0.149. The Bertz CT molecular complexity index is 458. The number of anilines is 1. The summed E-state index contributed by atoms with van der Waals surface area (Å²) in [5.41, 5.74) is 0. The number of piperidine rings is 1. The molecule has 0 radical (unpaired) electrons. The van der Waals surface area contributed by atoms with Gasteiger partial charge in [-0.1, -0.05) is 11.3 Å². The van der Waals surface area contributed by atoms with E-state index < -0.39 is 11.2 Å². The number of alkyl halides is 3. The van der Waals surface area contributed by atoms with Crippen LogP contribution in [-0.4, -0.2) is 53.5 Å². The molecule has 0 amide bonds. The Labute approximate surface area is 131 Å². The third-order valence-electron chi connectivity index (χ3n) is 3.44. The first kappa shape index (κ1) is 17.4. The zero-order valence-corrected chi connectivity index (χ0v) is 13.5. The molecule has 5 nitrogen and oxygen atoms in total. The number of rotatable bonds is 6. The number of likely N-dealkylation sites (tertiary alicyclic amines) is 1. The second-order valence-electron chi connectivity index (χ2n) is 5.59.